The van der Waals surface area contributed by atoms with Gasteiger partial charge in [-0.15, -0.1) is 11.8 Å². The van der Waals surface area contributed by atoms with E-state index in [2.05, 4.69) is 29.1 Å². The Morgan fingerprint density at radius 2 is 2.15 bits per heavy atom. The van der Waals surface area contributed by atoms with E-state index in [0.717, 1.165) is 28.7 Å². The summed E-state index contributed by atoms with van der Waals surface area (Å²) in [6.07, 6.45) is 2.26. The van der Waals surface area contributed by atoms with E-state index in [1.165, 1.54) is 5.56 Å². The van der Waals surface area contributed by atoms with Crippen LogP contribution >= 0.6 is 23.5 Å². The molecule has 1 saturated carbocycles. The Labute approximate surface area is 127 Å². The average Bonchev–Trinajstić information content (AvgIpc) is 3.14. The van der Waals surface area contributed by atoms with E-state index in [4.69, 9.17) is 0 Å². The molecule has 1 aromatic rings. The SMILES string of the molecule is Cc1nc(SCC(=O)NC2CC2)c2c(n1)S[C@@H](C)[C@H]2C. The third kappa shape index (κ3) is 2.96. The number of amides is 1. The fourth-order valence-electron chi connectivity index (χ4n) is 2.26. The molecular weight excluding hydrogens is 290 g/mol. The maximum absolute atomic E-state index is 11.8. The summed E-state index contributed by atoms with van der Waals surface area (Å²) >= 11 is 3.36. The van der Waals surface area contributed by atoms with E-state index in [1.54, 1.807) is 11.8 Å². The molecule has 0 radical (unpaired) electrons. The molecule has 3 rings (SSSR count). The first-order chi connectivity index (χ1) is 9.54. The van der Waals surface area contributed by atoms with Gasteiger partial charge in [-0.25, -0.2) is 9.97 Å². The molecule has 0 unspecified atom stereocenters. The van der Waals surface area contributed by atoms with Crippen LogP contribution in [0.15, 0.2) is 10.1 Å². The quantitative estimate of drug-likeness (QED) is 0.684. The summed E-state index contributed by atoms with van der Waals surface area (Å²) in [5.74, 6) is 1.81. The Balaban J connectivity index is 1.74. The van der Waals surface area contributed by atoms with Crippen LogP contribution in [0.5, 0.6) is 0 Å². The predicted octanol–water partition coefficient (Wildman–Crippen LogP) is 2.75. The van der Waals surface area contributed by atoms with Crippen molar-refractivity contribution in [2.24, 2.45) is 0 Å². The van der Waals surface area contributed by atoms with Gasteiger partial charge in [-0.05, 0) is 25.7 Å². The lowest BCUT2D eigenvalue weighted by Gasteiger charge is -2.12. The van der Waals surface area contributed by atoms with Gasteiger partial charge in [-0.1, -0.05) is 25.6 Å². The smallest absolute Gasteiger partial charge is 0.230 e. The molecule has 1 fully saturated rings. The number of fused-ring (bicyclic) bond motifs is 1. The van der Waals surface area contributed by atoms with E-state index in [1.807, 2.05) is 18.7 Å². The number of hydrogen-bond donors (Lipinski definition) is 1. The number of carbonyl (C=O) groups is 1. The fraction of sp³-hybridized carbons (Fsp3) is 0.643. The van der Waals surface area contributed by atoms with Crippen LogP contribution in [0.3, 0.4) is 0 Å². The molecule has 1 amide bonds. The maximum atomic E-state index is 11.8. The zero-order valence-corrected chi connectivity index (χ0v) is 13.6. The van der Waals surface area contributed by atoms with Gasteiger partial charge in [0.15, 0.2) is 0 Å². The molecule has 0 spiro atoms. The molecule has 6 heteroatoms. The van der Waals surface area contributed by atoms with Gasteiger partial charge in [-0.2, -0.15) is 0 Å². The molecule has 1 aliphatic carbocycles. The first-order valence-corrected chi connectivity index (χ1v) is 8.88. The highest BCUT2D eigenvalue weighted by molar-refractivity contribution is 8.01. The van der Waals surface area contributed by atoms with Crippen molar-refractivity contribution in [3.8, 4) is 0 Å². The molecule has 1 aliphatic heterocycles. The third-order valence-corrected chi connectivity index (χ3v) is 6.03. The molecule has 2 aliphatic rings. The third-order valence-electron chi connectivity index (χ3n) is 3.73. The van der Waals surface area contributed by atoms with E-state index in [0.29, 0.717) is 23.0 Å². The molecule has 108 valence electrons. The van der Waals surface area contributed by atoms with Crippen LogP contribution in [0, 0.1) is 6.92 Å². The van der Waals surface area contributed by atoms with Crippen LogP contribution < -0.4 is 5.32 Å². The van der Waals surface area contributed by atoms with Gasteiger partial charge in [-0.3, -0.25) is 4.79 Å². The minimum atomic E-state index is 0.119. The van der Waals surface area contributed by atoms with Gasteiger partial charge in [0.2, 0.25) is 5.91 Å². The van der Waals surface area contributed by atoms with Crippen molar-refractivity contribution in [2.45, 2.75) is 60.9 Å². The van der Waals surface area contributed by atoms with E-state index < -0.39 is 0 Å². The zero-order valence-electron chi connectivity index (χ0n) is 12.0. The Morgan fingerprint density at radius 3 is 2.85 bits per heavy atom. The van der Waals surface area contributed by atoms with Crippen molar-refractivity contribution in [1.82, 2.24) is 15.3 Å². The lowest BCUT2D eigenvalue weighted by molar-refractivity contribution is -0.118. The first-order valence-electron chi connectivity index (χ1n) is 7.02. The van der Waals surface area contributed by atoms with Crippen molar-refractivity contribution in [3.05, 3.63) is 11.4 Å². The van der Waals surface area contributed by atoms with Crippen molar-refractivity contribution in [3.63, 3.8) is 0 Å². The van der Waals surface area contributed by atoms with E-state index in [9.17, 15) is 4.79 Å². The summed E-state index contributed by atoms with van der Waals surface area (Å²) in [5.41, 5.74) is 1.23. The number of rotatable bonds is 4. The Bertz CT molecular complexity index is 545. The second kappa shape index (κ2) is 5.56. The Kier molecular flexibility index (Phi) is 3.95. The lowest BCUT2D eigenvalue weighted by atomic mass is 10.0. The highest BCUT2D eigenvalue weighted by Crippen LogP contribution is 2.47. The van der Waals surface area contributed by atoms with E-state index in [-0.39, 0.29) is 5.91 Å². The summed E-state index contributed by atoms with van der Waals surface area (Å²) in [7, 11) is 0. The number of thioether (sulfide) groups is 2. The number of hydrogen-bond acceptors (Lipinski definition) is 5. The number of nitrogens with zero attached hydrogens (tertiary/aromatic N) is 2. The van der Waals surface area contributed by atoms with Crippen LogP contribution in [0.1, 0.15) is 44.0 Å². The van der Waals surface area contributed by atoms with Gasteiger partial charge in [0.1, 0.15) is 15.9 Å². The van der Waals surface area contributed by atoms with Crippen LogP contribution in [0.2, 0.25) is 0 Å². The largest absolute Gasteiger partial charge is 0.353 e. The number of aromatic nitrogens is 2. The first kappa shape index (κ1) is 14.2. The summed E-state index contributed by atoms with van der Waals surface area (Å²) in [6.45, 7) is 6.36. The molecule has 0 bridgehead atoms. The maximum Gasteiger partial charge on any atom is 0.230 e. The van der Waals surface area contributed by atoms with Crippen LogP contribution in [-0.4, -0.2) is 32.9 Å². The second-order valence-electron chi connectivity index (χ2n) is 5.54. The average molecular weight is 309 g/mol. The van der Waals surface area contributed by atoms with Crippen LogP contribution in [-0.2, 0) is 4.79 Å². The van der Waals surface area contributed by atoms with E-state index >= 15 is 0 Å². The van der Waals surface area contributed by atoms with Crippen LogP contribution in [0.4, 0.5) is 0 Å². The highest BCUT2D eigenvalue weighted by atomic mass is 32.2. The molecule has 4 nitrogen and oxygen atoms in total. The monoisotopic (exact) mass is 309 g/mol. The predicted molar refractivity (Wildman–Crippen MR) is 82.4 cm³/mol. The second-order valence-corrected chi connectivity index (χ2v) is 7.87. The van der Waals surface area contributed by atoms with Crippen molar-refractivity contribution in [2.75, 3.05) is 5.75 Å². The molecule has 2 atom stereocenters. The minimum absolute atomic E-state index is 0.119. The molecule has 1 aromatic heterocycles. The zero-order chi connectivity index (χ0) is 14.3. The lowest BCUT2D eigenvalue weighted by Crippen LogP contribution is -2.27. The standard InChI is InChI=1S/C14H19N3OS2/c1-7-8(2)20-14-12(7)13(15-9(3)16-14)19-6-11(18)17-10-4-5-10/h7-8,10H,4-6H2,1-3H3,(H,17,18)/t7-,8+/m1/s1. The molecule has 0 aromatic carbocycles. The van der Waals surface area contributed by atoms with Gasteiger partial charge in [0, 0.05) is 16.9 Å². The van der Waals surface area contributed by atoms with Crippen molar-refractivity contribution >= 4 is 29.4 Å². The fourth-order valence-corrected chi connectivity index (χ4v) is 4.60. The summed E-state index contributed by atoms with van der Waals surface area (Å²) in [6, 6.07) is 0.426. The van der Waals surface area contributed by atoms with Crippen molar-refractivity contribution in [1.29, 1.82) is 0 Å². The van der Waals surface area contributed by atoms with Gasteiger partial charge in [0.05, 0.1) is 5.75 Å². The molecule has 2 heterocycles. The minimum Gasteiger partial charge on any atom is -0.353 e. The Hall–Kier alpha value is -0.750. The number of nitrogens with one attached hydrogen (secondary N) is 1. The summed E-state index contributed by atoms with van der Waals surface area (Å²) in [4.78, 5) is 20.9. The summed E-state index contributed by atoms with van der Waals surface area (Å²) in [5, 5.41) is 5.63. The van der Waals surface area contributed by atoms with Gasteiger partial charge < -0.3 is 5.32 Å². The number of aryl methyl sites for hydroxylation is 1. The topological polar surface area (TPSA) is 54.9 Å². The molecular formula is C14H19N3OS2. The molecule has 20 heavy (non-hydrogen) atoms. The Morgan fingerprint density at radius 1 is 1.40 bits per heavy atom. The van der Waals surface area contributed by atoms with Crippen molar-refractivity contribution < 1.29 is 4.79 Å². The molecule has 1 N–H and O–H groups in total. The number of carbonyl (C=O) groups excluding carboxylic acids is 1. The highest BCUT2D eigenvalue weighted by Gasteiger charge is 2.32. The van der Waals surface area contributed by atoms with Crippen LogP contribution in [0.25, 0.3) is 0 Å². The normalized spacial score (nSPS) is 24.6. The van der Waals surface area contributed by atoms with Gasteiger partial charge in [0.25, 0.3) is 0 Å². The van der Waals surface area contributed by atoms with Gasteiger partial charge >= 0.3 is 0 Å². The molecule has 0 saturated heterocycles. The summed E-state index contributed by atoms with van der Waals surface area (Å²) < 4.78 is 0.